The minimum Gasteiger partial charge on any atom is -0.303 e. The maximum absolute atomic E-state index is 11.4. The highest BCUT2D eigenvalue weighted by Gasteiger charge is 2.52. The third kappa shape index (κ3) is 1.78. The van der Waals surface area contributed by atoms with Gasteiger partial charge in [-0.2, -0.15) is 0 Å². The smallest absolute Gasteiger partial charge is 0.146 e. The molecule has 2 rings (SSSR count). The fourth-order valence-electron chi connectivity index (χ4n) is 4.24. The Hall–Kier alpha value is -0.920. The number of carbonyl (C=O) groups excluding carboxylic acids is 2. The minimum atomic E-state index is -0.196. The monoisotopic (exact) mass is 234 g/mol. The maximum atomic E-state index is 11.4. The third-order valence-electron chi connectivity index (χ3n) is 5.21. The van der Waals surface area contributed by atoms with Gasteiger partial charge in [0.2, 0.25) is 0 Å². The Kier molecular flexibility index (Phi) is 3.01. The highest BCUT2D eigenvalue weighted by Crippen LogP contribution is 2.58. The van der Waals surface area contributed by atoms with Gasteiger partial charge in [0.1, 0.15) is 12.6 Å². The average Bonchev–Trinajstić information content (AvgIpc) is 2.26. The quantitative estimate of drug-likeness (QED) is 0.688. The van der Waals surface area contributed by atoms with Crippen LogP contribution in [0.15, 0.2) is 11.6 Å². The summed E-state index contributed by atoms with van der Waals surface area (Å²) in [5.74, 6) is 0.320. The molecule has 3 atom stereocenters. The second kappa shape index (κ2) is 4.08. The summed E-state index contributed by atoms with van der Waals surface area (Å²) < 4.78 is 0. The van der Waals surface area contributed by atoms with Gasteiger partial charge in [0.05, 0.1) is 0 Å². The topological polar surface area (TPSA) is 34.1 Å². The molecule has 0 aromatic carbocycles. The lowest BCUT2D eigenvalue weighted by Crippen LogP contribution is -2.49. The van der Waals surface area contributed by atoms with Crippen LogP contribution in [-0.2, 0) is 9.59 Å². The first-order valence-corrected chi connectivity index (χ1v) is 6.56. The molecule has 2 heteroatoms. The van der Waals surface area contributed by atoms with E-state index in [1.165, 1.54) is 6.42 Å². The van der Waals surface area contributed by atoms with Crippen molar-refractivity contribution in [3.63, 3.8) is 0 Å². The van der Waals surface area contributed by atoms with Gasteiger partial charge < -0.3 is 4.79 Å². The average molecular weight is 234 g/mol. The van der Waals surface area contributed by atoms with E-state index in [-0.39, 0.29) is 16.7 Å². The molecule has 2 aliphatic carbocycles. The Bertz CT molecular complexity index is 367. The van der Waals surface area contributed by atoms with Crippen LogP contribution in [0.4, 0.5) is 0 Å². The number of hydrogen-bond acceptors (Lipinski definition) is 2. The molecule has 0 aromatic heterocycles. The van der Waals surface area contributed by atoms with Crippen LogP contribution in [0, 0.1) is 22.7 Å². The molecule has 0 N–H and O–H groups in total. The van der Waals surface area contributed by atoms with E-state index in [4.69, 9.17) is 0 Å². The molecular weight excluding hydrogens is 212 g/mol. The lowest BCUT2D eigenvalue weighted by molar-refractivity contribution is -0.122. The standard InChI is InChI=1S/C15H22O2/c1-14(2)7-4-8-15(3)12(10-17)11(9-16)5-6-13(14)15/h5,9-10,12-13H,4,6-8H2,1-3H3/t12-,13+,15-/m1/s1. The molecule has 0 unspecified atom stereocenters. The van der Waals surface area contributed by atoms with Gasteiger partial charge in [-0.05, 0) is 41.6 Å². The van der Waals surface area contributed by atoms with Crippen LogP contribution >= 0.6 is 0 Å². The zero-order valence-corrected chi connectivity index (χ0v) is 11.0. The van der Waals surface area contributed by atoms with E-state index < -0.39 is 0 Å². The van der Waals surface area contributed by atoms with Gasteiger partial charge in [-0.15, -0.1) is 0 Å². The molecule has 2 nitrogen and oxygen atoms in total. The predicted molar refractivity (Wildman–Crippen MR) is 67.5 cm³/mol. The summed E-state index contributed by atoms with van der Waals surface area (Å²) in [4.78, 5) is 22.5. The molecule has 0 heterocycles. The van der Waals surface area contributed by atoms with Crippen molar-refractivity contribution in [2.24, 2.45) is 22.7 Å². The van der Waals surface area contributed by atoms with Gasteiger partial charge in [-0.25, -0.2) is 0 Å². The van der Waals surface area contributed by atoms with Crippen molar-refractivity contribution in [1.29, 1.82) is 0 Å². The second-order valence-electron chi connectivity index (χ2n) is 6.57. The summed E-state index contributed by atoms with van der Waals surface area (Å²) in [6, 6.07) is 0. The summed E-state index contributed by atoms with van der Waals surface area (Å²) in [5.41, 5.74) is 0.963. The Labute approximate surface area is 103 Å². The van der Waals surface area contributed by atoms with E-state index in [2.05, 4.69) is 20.8 Å². The fraction of sp³-hybridized carbons (Fsp3) is 0.733. The van der Waals surface area contributed by atoms with E-state index in [0.29, 0.717) is 11.5 Å². The fourth-order valence-corrected chi connectivity index (χ4v) is 4.24. The molecule has 0 spiro atoms. The van der Waals surface area contributed by atoms with Gasteiger partial charge in [0.15, 0.2) is 0 Å². The first-order chi connectivity index (χ1) is 7.95. The summed E-state index contributed by atoms with van der Waals surface area (Å²) >= 11 is 0. The van der Waals surface area contributed by atoms with Gasteiger partial charge in [0.25, 0.3) is 0 Å². The molecule has 0 radical (unpaired) electrons. The number of hydrogen-bond donors (Lipinski definition) is 0. The molecular formula is C15H22O2. The molecule has 17 heavy (non-hydrogen) atoms. The van der Waals surface area contributed by atoms with Crippen LogP contribution in [0.5, 0.6) is 0 Å². The van der Waals surface area contributed by atoms with Crippen LogP contribution in [0.2, 0.25) is 0 Å². The molecule has 0 saturated heterocycles. The van der Waals surface area contributed by atoms with Gasteiger partial charge >= 0.3 is 0 Å². The zero-order chi connectivity index (χ0) is 12.7. The number of aldehydes is 2. The van der Waals surface area contributed by atoms with Crippen molar-refractivity contribution in [3.05, 3.63) is 11.6 Å². The van der Waals surface area contributed by atoms with E-state index >= 15 is 0 Å². The summed E-state index contributed by atoms with van der Waals surface area (Å²) in [7, 11) is 0. The lowest BCUT2D eigenvalue weighted by atomic mass is 9.49. The van der Waals surface area contributed by atoms with Crippen LogP contribution in [0.25, 0.3) is 0 Å². The van der Waals surface area contributed by atoms with Crippen molar-refractivity contribution in [1.82, 2.24) is 0 Å². The largest absolute Gasteiger partial charge is 0.303 e. The molecule has 94 valence electrons. The summed E-state index contributed by atoms with van der Waals surface area (Å²) in [5, 5.41) is 0. The van der Waals surface area contributed by atoms with E-state index in [1.54, 1.807) is 0 Å². The normalized spacial score (nSPS) is 40.1. The molecule has 1 saturated carbocycles. The summed E-state index contributed by atoms with van der Waals surface area (Å²) in [6.45, 7) is 6.81. The molecule has 0 amide bonds. The highest BCUT2D eigenvalue weighted by atomic mass is 16.1. The Morgan fingerprint density at radius 3 is 2.53 bits per heavy atom. The zero-order valence-electron chi connectivity index (χ0n) is 11.0. The summed E-state index contributed by atoms with van der Waals surface area (Å²) in [6.07, 6.45) is 8.26. The van der Waals surface area contributed by atoms with Crippen molar-refractivity contribution >= 4 is 12.6 Å². The molecule has 0 aliphatic heterocycles. The number of rotatable bonds is 2. The Morgan fingerprint density at radius 2 is 1.94 bits per heavy atom. The van der Waals surface area contributed by atoms with Crippen LogP contribution < -0.4 is 0 Å². The molecule has 0 bridgehead atoms. The van der Waals surface area contributed by atoms with Crippen molar-refractivity contribution in [3.8, 4) is 0 Å². The first-order valence-electron chi connectivity index (χ1n) is 6.56. The van der Waals surface area contributed by atoms with Crippen molar-refractivity contribution in [2.45, 2.75) is 46.5 Å². The van der Waals surface area contributed by atoms with E-state index in [1.807, 2.05) is 6.08 Å². The number of fused-ring (bicyclic) bond motifs is 1. The predicted octanol–water partition coefficient (Wildman–Crippen LogP) is 3.16. The van der Waals surface area contributed by atoms with Crippen molar-refractivity contribution in [2.75, 3.05) is 0 Å². The van der Waals surface area contributed by atoms with E-state index in [9.17, 15) is 9.59 Å². The van der Waals surface area contributed by atoms with Gasteiger partial charge in [-0.1, -0.05) is 33.3 Å². The number of carbonyl (C=O) groups is 2. The first kappa shape index (κ1) is 12.5. The third-order valence-corrected chi connectivity index (χ3v) is 5.21. The van der Waals surface area contributed by atoms with Gasteiger partial charge in [0, 0.05) is 5.92 Å². The van der Waals surface area contributed by atoms with Crippen LogP contribution in [0.3, 0.4) is 0 Å². The molecule has 1 fully saturated rings. The number of allylic oxidation sites excluding steroid dienone is 2. The Morgan fingerprint density at radius 1 is 1.24 bits per heavy atom. The molecule has 2 aliphatic rings. The second-order valence-corrected chi connectivity index (χ2v) is 6.57. The van der Waals surface area contributed by atoms with E-state index in [0.717, 1.165) is 31.8 Å². The van der Waals surface area contributed by atoms with Gasteiger partial charge in [-0.3, -0.25) is 4.79 Å². The minimum absolute atomic E-state index is 0.0194. The van der Waals surface area contributed by atoms with Crippen LogP contribution in [-0.4, -0.2) is 12.6 Å². The molecule has 0 aromatic rings. The SMILES string of the molecule is CC1(C)CCC[C@]2(C)[C@H](C=O)C(C=O)=CC[C@@H]12. The lowest BCUT2D eigenvalue weighted by Gasteiger charge is -2.55. The van der Waals surface area contributed by atoms with Crippen molar-refractivity contribution < 1.29 is 9.59 Å². The highest BCUT2D eigenvalue weighted by molar-refractivity contribution is 5.82. The van der Waals surface area contributed by atoms with Crippen LogP contribution in [0.1, 0.15) is 46.5 Å². The Balaban J connectivity index is 2.45. The maximum Gasteiger partial charge on any atom is 0.146 e.